The molecule has 0 aromatic carbocycles. The van der Waals surface area contributed by atoms with Crippen LogP contribution in [-0.4, -0.2) is 44.5 Å². The number of nitrogens with one attached hydrogen (secondary N) is 1. The first kappa shape index (κ1) is 14.3. The van der Waals surface area contributed by atoms with Crippen LogP contribution in [-0.2, 0) is 10.1 Å². The zero-order valence-corrected chi connectivity index (χ0v) is 11.8. The van der Waals surface area contributed by atoms with Gasteiger partial charge in [-0.15, -0.1) is 11.3 Å². The molecule has 1 aliphatic heterocycles. The molecule has 0 aliphatic carbocycles. The van der Waals surface area contributed by atoms with Gasteiger partial charge in [0.05, 0.1) is 14.8 Å². The van der Waals surface area contributed by atoms with E-state index in [-0.39, 0.29) is 18.4 Å². The van der Waals surface area contributed by atoms with Gasteiger partial charge in [0.25, 0.3) is 10.1 Å². The minimum Gasteiger partial charge on any atom is -0.484 e. The lowest BCUT2D eigenvalue weighted by Gasteiger charge is -2.24. The van der Waals surface area contributed by atoms with Crippen molar-refractivity contribution in [2.45, 2.75) is 6.10 Å². The maximum absolute atomic E-state index is 10.5. The van der Waals surface area contributed by atoms with Crippen molar-refractivity contribution < 1.29 is 22.4 Å². The molecule has 1 aliphatic rings. The van der Waals surface area contributed by atoms with E-state index in [4.69, 9.17) is 14.0 Å². The molecule has 0 radical (unpaired) electrons. The summed E-state index contributed by atoms with van der Waals surface area (Å²) in [5, 5.41) is 2.89. The summed E-state index contributed by atoms with van der Waals surface area (Å²) in [5.74, 6) is 0.931. The predicted molar refractivity (Wildman–Crippen MR) is 73.8 cm³/mol. The van der Waals surface area contributed by atoms with Crippen molar-refractivity contribution in [3.63, 3.8) is 0 Å². The SMILES string of the molecule is C=c1sc(=C)c2c1OCC(CNCCS(=O)(=O)O)O2. The van der Waals surface area contributed by atoms with E-state index in [1.54, 1.807) is 0 Å². The minimum absolute atomic E-state index is 0.160. The van der Waals surface area contributed by atoms with Crippen molar-refractivity contribution in [3.8, 4) is 11.5 Å². The molecule has 2 rings (SSSR count). The Morgan fingerprint density at radius 2 is 2.05 bits per heavy atom. The Morgan fingerprint density at radius 3 is 2.74 bits per heavy atom. The highest BCUT2D eigenvalue weighted by atomic mass is 32.2. The molecule has 1 unspecified atom stereocenters. The molecule has 2 heterocycles. The maximum atomic E-state index is 10.5. The Bertz CT molecular complexity index is 651. The summed E-state index contributed by atoms with van der Waals surface area (Å²) in [4.78, 5) is 0. The van der Waals surface area contributed by atoms with E-state index in [2.05, 4.69) is 18.5 Å². The normalized spacial score (nSPS) is 18.5. The minimum atomic E-state index is -3.93. The number of rotatable bonds is 5. The van der Waals surface area contributed by atoms with Crippen molar-refractivity contribution in [1.82, 2.24) is 5.32 Å². The monoisotopic (exact) mass is 305 g/mol. The van der Waals surface area contributed by atoms with E-state index in [9.17, 15) is 8.42 Å². The molecular formula is C11H15NO5S2. The zero-order valence-electron chi connectivity index (χ0n) is 10.2. The van der Waals surface area contributed by atoms with Crippen molar-refractivity contribution in [2.75, 3.05) is 25.4 Å². The summed E-state index contributed by atoms with van der Waals surface area (Å²) >= 11 is 1.41. The summed E-state index contributed by atoms with van der Waals surface area (Å²) in [6.07, 6.45) is -0.219. The number of hydrogen-bond donors (Lipinski definition) is 2. The molecule has 0 amide bonds. The summed E-state index contributed by atoms with van der Waals surface area (Å²) in [6.45, 7) is 8.66. The van der Waals surface area contributed by atoms with Crippen LogP contribution in [0.2, 0.25) is 0 Å². The Balaban J connectivity index is 1.87. The van der Waals surface area contributed by atoms with Crippen LogP contribution in [0.1, 0.15) is 0 Å². The number of hydrogen-bond acceptors (Lipinski definition) is 6. The number of thiophene rings is 1. The second-order valence-corrected chi connectivity index (χ2v) is 6.91. The topological polar surface area (TPSA) is 84.9 Å². The first-order valence-electron chi connectivity index (χ1n) is 5.63. The quantitative estimate of drug-likeness (QED) is 0.546. The van der Waals surface area contributed by atoms with Crippen LogP contribution >= 0.6 is 11.3 Å². The van der Waals surface area contributed by atoms with Crippen LogP contribution in [0.25, 0.3) is 13.2 Å². The van der Waals surface area contributed by atoms with Crippen LogP contribution in [0.5, 0.6) is 11.5 Å². The Labute approximate surface area is 115 Å². The maximum Gasteiger partial charge on any atom is 0.266 e. The molecule has 106 valence electrons. The van der Waals surface area contributed by atoms with Gasteiger partial charge in [0, 0.05) is 13.1 Å². The summed E-state index contributed by atoms with van der Waals surface area (Å²) in [5.41, 5.74) is 0. The highest BCUT2D eigenvalue weighted by Gasteiger charge is 2.23. The van der Waals surface area contributed by atoms with E-state index in [1.165, 1.54) is 11.3 Å². The second-order valence-electron chi connectivity index (χ2n) is 4.15. The van der Waals surface area contributed by atoms with Crippen LogP contribution in [0.15, 0.2) is 0 Å². The lowest BCUT2D eigenvalue weighted by Crippen LogP contribution is -2.40. The lowest BCUT2D eigenvalue weighted by molar-refractivity contribution is 0.0905. The molecule has 0 saturated heterocycles. The molecule has 1 aromatic heterocycles. The number of fused-ring (bicyclic) bond motifs is 1. The van der Waals surface area contributed by atoms with Gasteiger partial charge in [-0.1, -0.05) is 13.2 Å². The van der Waals surface area contributed by atoms with Gasteiger partial charge in [0.15, 0.2) is 11.5 Å². The fraction of sp³-hybridized carbons (Fsp3) is 0.455. The molecule has 8 heteroatoms. The summed E-state index contributed by atoms with van der Waals surface area (Å²) < 4.78 is 42.5. The Hall–Kier alpha value is -1.09. The predicted octanol–water partition coefficient (Wildman–Crippen LogP) is -0.814. The average molecular weight is 305 g/mol. The summed E-state index contributed by atoms with van der Waals surface area (Å²) in [6, 6.07) is 0. The third-order valence-corrected chi connectivity index (χ3v) is 4.15. The Kier molecular flexibility index (Phi) is 4.14. The van der Waals surface area contributed by atoms with Gasteiger partial charge in [-0.3, -0.25) is 4.55 Å². The molecule has 19 heavy (non-hydrogen) atoms. The largest absolute Gasteiger partial charge is 0.484 e. The summed E-state index contributed by atoms with van der Waals surface area (Å²) in [7, 11) is -3.93. The van der Waals surface area contributed by atoms with E-state index in [0.29, 0.717) is 24.7 Å². The third-order valence-electron chi connectivity index (χ3n) is 2.57. The Morgan fingerprint density at radius 1 is 1.37 bits per heavy atom. The first-order valence-corrected chi connectivity index (χ1v) is 8.05. The van der Waals surface area contributed by atoms with Gasteiger partial charge < -0.3 is 14.8 Å². The van der Waals surface area contributed by atoms with E-state index >= 15 is 0 Å². The van der Waals surface area contributed by atoms with Crippen molar-refractivity contribution in [2.24, 2.45) is 0 Å². The fourth-order valence-electron chi connectivity index (χ4n) is 1.70. The highest BCUT2D eigenvalue weighted by molar-refractivity contribution is 7.85. The van der Waals surface area contributed by atoms with E-state index < -0.39 is 10.1 Å². The second kappa shape index (κ2) is 5.49. The molecule has 1 aromatic rings. The van der Waals surface area contributed by atoms with Crippen molar-refractivity contribution >= 4 is 34.6 Å². The molecule has 1 atom stereocenters. The van der Waals surface area contributed by atoms with Gasteiger partial charge >= 0.3 is 0 Å². The molecule has 2 N–H and O–H groups in total. The van der Waals surface area contributed by atoms with Gasteiger partial charge in [0.2, 0.25) is 0 Å². The van der Waals surface area contributed by atoms with Crippen LogP contribution in [0.4, 0.5) is 0 Å². The smallest absolute Gasteiger partial charge is 0.266 e. The average Bonchev–Trinajstić information content (AvgIpc) is 2.59. The van der Waals surface area contributed by atoms with Crippen LogP contribution in [0.3, 0.4) is 0 Å². The highest BCUT2D eigenvalue weighted by Crippen LogP contribution is 2.25. The van der Waals surface area contributed by atoms with Gasteiger partial charge in [-0.2, -0.15) is 8.42 Å². The van der Waals surface area contributed by atoms with E-state index in [0.717, 1.165) is 9.06 Å². The molecule has 0 saturated carbocycles. The van der Waals surface area contributed by atoms with Gasteiger partial charge in [-0.05, 0) is 0 Å². The molecule has 0 fully saturated rings. The third kappa shape index (κ3) is 3.69. The first-order chi connectivity index (χ1) is 8.87. The lowest BCUT2D eigenvalue weighted by atomic mass is 10.3. The molecular weight excluding hydrogens is 290 g/mol. The van der Waals surface area contributed by atoms with Crippen molar-refractivity contribution in [3.05, 3.63) is 9.06 Å². The fourth-order valence-corrected chi connectivity index (χ4v) is 2.88. The van der Waals surface area contributed by atoms with Crippen LogP contribution < -0.4 is 23.9 Å². The zero-order chi connectivity index (χ0) is 14.0. The standard InChI is InChI=1S/C11H15NO5S2/c1-7-10-11(8(2)18-7)17-9(6-16-10)5-12-3-4-19(13,14)15/h9,12H,1-6H2,(H,13,14,15). The van der Waals surface area contributed by atoms with Crippen LogP contribution in [0, 0.1) is 0 Å². The van der Waals surface area contributed by atoms with Crippen molar-refractivity contribution in [1.29, 1.82) is 0 Å². The number of ether oxygens (including phenoxy) is 2. The van der Waals surface area contributed by atoms with E-state index in [1.807, 2.05) is 0 Å². The molecule has 0 spiro atoms. The molecule has 6 nitrogen and oxygen atoms in total. The molecule has 0 bridgehead atoms. The van der Waals surface area contributed by atoms with Gasteiger partial charge in [-0.25, -0.2) is 0 Å². The van der Waals surface area contributed by atoms with Gasteiger partial charge in [0.1, 0.15) is 12.7 Å².